The van der Waals surface area contributed by atoms with Crippen molar-refractivity contribution in [2.75, 3.05) is 13.7 Å². The SMILES string of the molecule is COC(=O)[C@@H](Cc1ccc(O)cc1)NC(=O)[C@H](CC(C)C)NC(=O)[C@@H](NC(=O)[C@H](CCCCN)NC(=O)[C@H](CC(C)C)NC(=O)OC(C)(C)C)C(C)C. The number of hydrogen-bond acceptors (Lipinski definition) is 10. The number of amides is 5. The van der Waals surface area contributed by atoms with Gasteiger partial charge in [-0.15, -0.1) is 0 Å². The van der Waals surface area contributed by atoms with E-state index in [9.17, 15) is 33.9 Å². The van der Waals surface area contributed by atoms with Crippen LogP contribution in [0.1, 0.15) is 100.0 Å². The normalized spacial score (nSPS) is 14.4. The largest absolute Gasteiger partial charge is 0.508 e. The summed E-state index contributed by atoms with van der Waals surface area (Å²) < 4.78 is 10.3. The van der Waals surface area contributed by atoms with Gasteiger partial charge in [-0.3, -0.25) is 19.2 Å². The molecule has 8 N–H and O–H groups in total. The number of nitrogens with one attached hydrogen (secondary N) is 5. The van der Waals surface area contributed by atoms with Gasteiger partial charge in [-0.25, -0.2) is 9.59 Å². The number of unbranched alkanes of at least 4 members (excludes halogenated alkanes) is 1. The van der Waals surface area contributed by atoms with E-state index >= 15 is 0 Å². The quantitative estimate of drug-likeness (QED) is 0.0719. The van der Waals surface area contributed by atoms with Gasteiger partial charge in [-0.05, 0) is 94.9 Å². The lowest BCUT2D eigenvalue weighted by Crippen LogP contribution is -2.60. The molecule has 0 aliphatic rings. The number of carbonyl (C=O) groups is 6. The summed E-state index contributed by atoms with van der Waals surface area (Å²) in [4.78, 5) is 80.0. The van der Waals surface area contributed by atoms with E-state index in [0.717, 1.165) is 0 Å². The topological polar surface area (TPSA) is 227 Å². The fraction of sp³-hybridized carbons (Fsp3) is 0.684. The molecule has 1 aromatic rings. The standard InChI is InChI=1S/C38H64N6O9/c1-22(2)19-28(33(47)42-30(36(50)52-10)21-25-14-16-26(45)17-15-25)41-35(49)31(24(5)6)44-32(46)27(13-11-12-18-39)40-34(48)29(20-23(3)4)43-37(51)53-38(7,8)9/h14-17,22-24,27-31,45H,11-13,18-21,39H2,1-10H3,(H,40,48)(H,41,49)(H,42,47)(H,43,51)(H,44,46)/t27-,28-,29-,30+,31-/m0/s1. The maximum absolute atomic E-state index is 13.8. The van der Waals surface area contributed by atoms with E-state index in [2.05, 4.69) is 26.6 Å². The van der Waals surface area contributed by atoms with Gasteiger partial charge in [0.1, 0.15) is 41.6 Å². The molecule has 0 saturated carbocycles. The summed E-state index contributed by atoms with van der Waals surface area (Å²) in [7, 11) is 1.20. The minimum Gasteiger partial charge on any atom is -0.508 e. The van der Waals surface area contributed by atoms with Crippen molar-refractivity contribution in [1.29, 1.82) is 0 Å². The fourth-order valence-electron chi connectivity index (χ4n) is 5.42. The maximum atomic E-state index is 13.8. The summed E-state index contributed by atoms with van der Waals surface area (Å²) in [6, 6.07) is 0.877. The maximum Gasteiger partial charge on any atom is 0.408 e. The van der Waals surface area contributed by atoms with Crippen molar-refractivity contribution in [3.8, 4) is 5.75 Å². The van der Waals surface area contributed by atoms with Crippen molar-refractivity contribution in [1.82, 2.24) is 26.6 Å². The Kier molecular flexibility index (Phi) is 19.9. The molecule has 0 bridgehead atoms. The Balaban J connectivity index is 3.24. The number of hydrogen-bond donors (Lipinski definition) is 7. The van der Waals surface area contributed by atoms with Crippen LogP contribution in [-0.4, -0.2) is 90.3 Å². The summed E-state index contributed by atoms with van der Waals surface area (Å²) in [5.41, 5.74) is 5.57. The third-order valence-electron chi connectivity index (χ3n) is 8.06. The molecule has 0 spiro atoms. The molecule has 1 aromatic carbocycles. The van der Waals surface area contributed by atoms with Crippen LogP contribution in [0, 0.1) is 17.8 Å². The Morgan fingerprint density at radius 2 is 1.19 bits per heavy atom. The van der Waals surface area contributed by atoms with Crippen molar-refractivity contribution in [3.63, 3.8) is 0 Å². The second kappa shape index (κ2) is 22.6. The highest BCUT2D eigenvalue weighted by Crippen LogP contribution is 2.15. The number of rotatable bonds is 21. The van der Waals surface area contributed by atoms with Gasteiger partial charge in [0.05, 0.1) is 7.11 Å². The third kappa shape index (κ3) is 18.3. The first kappa shape index (κ1) is 46.6. The zero-order chi connectivity index (χ0) is 40.5. The Morgan fingerprint density at radius 3 is 1.66 bits per heavy atom. The summed E-state index contributed by atoms with van der Waals surface area (Å²) >= 11 is 0. The van der Waals surface area contributed by atoms with E-state index in [0.29, 0.717) is 24.9 Å². The minimum atomic E-state index is -1.10. The lowest BCUT2D eigenvalue weighted by Gasteiger charge is -2.29. The molecule has 15 heteroatoms. The van der Waals surface area contributed by atoms with E-state index in [4.69, 9.17) is 15.2 Å². The molecule has 0 fully saturated rings. The van der Waals surface area contributed by atoms with E-state index in [1.54, 1.807) is 46.8 Å². The van der Waals surface area contributed by atoms with Gasteiger partial charge in [0.25, 0.3) is 0 Å². The Labute approximate surface area is 314 Å². The number of esters is 1. The van der Waals surface area contributed by atoms with Crippen LogP contribution in [-0.2, 0) is 39.9 Å². The first-order valence-corrected chi connectivity index (χ1v) is 18.4. The van der Waals surface area contributed by atoms with Crippen molar-refractivity contribution >= 4 is 35.7 Å². The minimum absolute atomic E-state index is 0.0194. The number of alkyl carbamates (subject to hydrolysis) is 1. The van der Waals surface area contributed by atoms with Crippen LogP contribution in [0.15, 0.2) is 24.3 Å². The number of nitrogens with two attached hydrogens (primary N) is 1. The van der Waals surface area contributed by atoms with Crippen LogP contribution in [0.5, 0.6) is 5.75 Å². The number of phenolic OH excluding ortho intramolecular Hbond substituents is 1. The summed E-state index contributed by atoms with van der Waals surface area (Å²) in [6.45, 7) is 16.5. The summed E-state index contributed by atoms with van der Waals surface area (Å²) in [6.07, 6.45) is 1.13. The van der Waals surface area contributed by atoms with E-state index in [1.807, 2.05) is 27.7 Å². The molecular weight excluding hydrogens is 684 g/mol. The molecule has 0 saturated heterocycles. The first-order valence-electron chi connectivity index (χ1n) is 18.4. The Morgan fingerprint density at radius 1 is 0.698 bits per heavy atom. The number of phenols is 1. The molecule has 0 unspecified atom stereocenters. The molecule has 5 amide bonds. The third-order valence-corrected chi connectivity index (χ3v) is 8.06. The highest BCUT2D eigenvalue weighted by molar-refractivity contribution is 5.96. The van der Waals surface area contributed by atoms with Gasteiger partial charge in [-0.2, -0.15) is 0 Å². The summed E-state index contributed by atoms with van der Waals surface area (Å²) in [5, 5.41) is 23.2. The van der Waals surface area contributed by atoms with Gasteiger partial charge >= 0.3 is 12.1 Å². The number of ether oxygens (including phenoxy) is 2. The molecule has 1 rings (SSSR count). The molecule has 15 nitrogen and oxygen atoms in total. The number of aromatic hydroxyl groups is 1. The number of methoxy groups -OCH3 is 1. The molecular formula is C38H64N6O9. The molecule has 0 aliphatic heterocycles. The molecule has 53 heavy (non-hydrogen) atoms. The molecule has 0 radical (unpaired) electrons. The average molecular weight is 749 g/mol. The van der Waals surface area contributed by atoms with Gasteiger partial charge in [0, 0.05) is 6.42 Å². The predicted octanol–water partition coefficient (Wildman–Crippen LogP) is 2.82. The van der Waals surface area contributed by atoms with E-state index < -0.39 is 77.4 Å². The van der Waals surface area contributed by atoms with Gasteiger partial charge in [-0.1, -0.05) is 53.7 Å². The van der Waals surface area contributed by atoms with E-state index in [-0.39, 0.29) is 43.3 Å². The second-order valence-electron chi connectivity index (χ2n) is 15.5. The van der Waals surface area contributed by atoms with Crippen LogP contribution in [0.3, 0.4) is 0 Å². The molecule has 300 valence electrons. The van der Waals surface area contributed by atoms with Crippen LogP contribution in [0.4, 0.5) is 4.79 Å². The number of carbonyl (C=O) groups excluding carboxylic acids is 6. The molecule has 0 aliphatic carbocycles. The fourth-order valence-corrected chi connectivity index (χ4v) is 5.42. The molecule has 0 aromatic heterocycles. The molecule has 0 heterocycles. The average Bonchev–Trinajstić information content (AvgIpc) is 3.04. The molecule has 5 atom stereocenters. The Hall–Kier alpha value is -4.40. The van der Waals surface area contributed by atoms with Crippen LogP contribution in [0.2, 0.25) is 0 Å². The van der Waals surface area contributed by atoms with Gasteiger partial charge in [0.15, 0.2) is 0 Å². The zero-order valence-corrected chi connectivity index (χ0v) is 33.2. The van der Waals surface area contributed by atoms with Crippen molar-refractivity contribution in [3.05, 3.63) is 29.8 Å². The van der Waals surface area contributed by atoms with Crippen molar-refractivity contribution < 1.29 is 43.3 Å². The number of benzene rings is 1. The van der Waals surface area contributed by atoms with Crippen LogP contribution >= 0.6 is 0 Å². The smallest absolute Gasteiger partial charge is 0.408 e. The van der Waals surface area contributed by atoms with Gasteiger partial charge in [0.2, 0.25) is 23.6 Å². The van der Waals surface area contributed by atoms with Crippen molar-refractivity contribution in [2.24, 2.45) is 23.5 Å². The summed E-state index contributed by atoms with van der Waals surface area (Å²) in [5.74, 6) is -3.52. The van der Waals surface area contributed by atoms with Crippen LogP contribution < -0.4 is 32.3 Å². The highest BCUT2D eigenvalue weighted by atomic mass is 16.6. The first-order chi connectivity index (χ1) is 24.7. The van der Waals surface area contributed by atoms with Gasteiger partial charge < -0.3 is 46.9 Å². The lowest BCUT2D eigenvalue weighted by molar-refractivity contribution is -0.145. The Bertz CT molecular complexity index is 1340. The highest BCUT2D eigenvalue weighted by Gasteiger charge is 2.34. The van der Waals surface area contributed by atoms with Crippen LogP contribution in [0.25, 0.3) is 0 Å². The zero-order valence-electron chi connectivity index (χ0n) is 33.2. The second-order valence-corrected chi connectivity index (χ2v) is 15.5. The lowest BCUT2D eigenvalue weighted by atomic mass is 9.98. The van der Waals surface area contributed by atoms with Crippen molar-refractivity contribution in [2.45, 2.75) is 137 Å². The predicted molar refractivity (Wildman–Crippen MR) is 201 cm³/mol. The van der Waals surface area contributed by atoms with E-state index in [1.165, 1.54) is 19.2 Å². The monoisotopic (exact) mass is 748 g/mol.